The molecule has 0 aliphatic carbocycles. The fourth-order valence-corrected chi connectivity index (χ4v) is 2.43. The van der Waals surface area contributed by atoms with Gasteiger partial charge in [-0.1, -0.05) is 18.2 Å². The summed E-state index contributed by atoms with van der Waals surface area (Å²) in [6.07, 6.45) is 0. The zero-order valence-electron chi connectivity index (χ0n) is 12.7. The number of fused-ring (bicyclic) bond motifs is 1. The van der Waals surface area contributed by atoms with E-state index in [0.29, 0.717) is 13.1 Å². The topological polar surface area (TPSA) is 48.6 Å². The number of hydrogen-bond acceptors (Lipinski definition) is 4. The molecule has 0 aliphatic heterocycles. The number of para-hydroxylation sites is 1. The number of nitrogens with zero attached hydrogens (tertiary/aromatic N) is 1. The minimum atomic E-state index is -0.760. The molecule has 0 aliphatic rings. The van der Waals surface area contributed by atoms with Gasteiger partial charge in [0, 0.05) is 18.5 Å². The van der Waals surface area contributed by atoms with Crippen LogP contribution in [-0.4, -0.2) is 42.8 Å². The largest absolute Gasteiger partial charge is 0.459 e. The van der Waals surface area contributed by atoms with Crippen molar-refractivity contribution in [3.8, 4) is 0 Å². The molecule has 20 heavy (non-hydrogen) atoms. The predicted molar refractivity (Wildman–Crippen MR) is 81.8 cm³/mol. The molecule has 0 amide bonds. The average Bonchev–Trinajstić information content (AvgIpc) is 2.78. The molecule has 0 fully saturated rings. The summed E-state index contributed by atoms with van der Waals surface area (Å²) >= 11 is 0. The molecule has 0 spiro atoms. The smallest absolute Gasteiger partial charge is 0.134 e. The lowest BCUT2D eigenvalue weighted by molar-refractivity contribution is 0.0312. The minimum absolute atomic E-state index is 0.0658. The molecule has 2 unspecified atom stereocenters. The number of aliphatic hydroxyl groups is 1. The maximum Gasteiger partial charge on any atom is 0.134 e. The van der Waals surface area contributed by atoms with E-state index in [-0.39, 0.29) is 6.04 Å². The van der Waals surface area contributed by atoms with Crippen molar-refractivity contribution in [3.63, 3.8) is 0 Å². The van der Waals surface area contributed by atoms with Crippen LogP contribution in [0.15, 0.2) is 34.7 Å². The van der Waals surface area contributed by atoms with E-state index in [0.717, 1.165) is 16.7 Å². The highest BCUT2D eigenvalue weighted by Gasteiger charge is 2.22. The Labute approximate surface area is 120 Å². The van der Waals surface area contributed by atoms with Gasteiger partial charge in [0.2, 0.25) is 0 Å². The highest BCUT2D eigenvalue weighted by Crippen LogP contribution is 2.23. The zero-order chi connectivity index (χ0) is 14.8. The number of rotatable bonds is 6. The zero-order valence-corrected chi connectivity index (χ0v) is 12.7. The van der Waals surface area contributed by atoms with Crippen LogP contribution in [0.5, 0.6) is 0 Å². The van der Waals surface area contributed by atoms with Gasteiger partial charge in [-0.3, -0.25) is 0 Å². The van der Waals surface area contributed by atoms with E-state index in [2.05, 4.69) is 5.32 Å². The Morgan fingerprint density at radius 1 is 1.35 bits per heavy atom. The van der Waals surface area contributed by atoms with E-state index < -0.39 is 5.60 Å². The Hall–Kier alpha value is -1.36. The summed E-state index contributed by atoms with van der Waals surface area (Å²) < 4.78 is 5.82. The summed E-state index contributed by atoms with van der Waals surface area (Å²) in [6.45, 7) is 5.02. The first-order chi connectivity index (χ1) is 9.37. The summed E-state index contributed by atoms with van der Waals surface area (Å²) in [5.41, 5.74) is 0.139. The van der Waals surface area contributed by atoms with Crippen molar-refractivity contribution in [2.24, 2.45) is 0 Å². The van der Waals surface area contributed by atoms with Crippen molar-refractivity contribution in [1.82, 2.24) is 10.2 Å². The van der Waals surface area contributed by atoms with E-state index >= 15 is 0 Å². The number of likely N-dealkylation sites (N-methyl/N-ethyl adjacent to an activating group) is 1. The standard InChI is InChI=1S/C16H24N2O2/c1-12(17-10-16(2,19)11-18(3)4)15-9-13-7-5-6-8-14(13)20-15/h5-9,12,17,19H,10-11H2,1-4H3. The van der Waals surface area contributed by atoms with Crippen LogP contribution in [0.1, 0.15) is 25.6 Å². The molecule has 0 saturated carbocycles. The summed E-state index contributed by atoms with van der Waals surface area (Å²) in [5.74, 6) is 0.895. The first-order valence-electron chi connectivity index (χ1n) is 6.96. The number of hydrogen-bond donors (Lipinski definition) is 2. The first kappa shape index (κ1) is 15.0. The summed E-state index contributed by atoms with van der Waals surface area (Å²) in [4.78, 5) is 1.98. The molecule has 2 aromatic rings. The first-order valence-corrected chi connectivity index (χ1v) is 6.96. The monoisotopic (exact) mass is 276 g/mol. The van der Waals surface area contributed by atoms with Crippen molar-refractivity contribution >= 4 is 11.0 Å². The van der Waals surface area contributed by atoms with Gasteiger partial charge in [0.25, 0.3) is 0 Å². The predicted octanol–water partition coefficient (Wildman–Crippen LogP) is 2.40. The van der Waals surface area contributed by atoms with Gasteiger partial charge in [-0.15, -0.1) is 0 Å². The number of nitrogens with one attached hydrogen (secondary N) is 1. The molecule has 0 saturated heterocycles. The van der Waals surface area contributed by atoms with Crippen LogP contribution >= 0.6 is 0 Å². The van der Waals surface area contributed by atoms with Gasteiger partial charge in [-0.25, -0.2) is 0 Å². The summed E-state index contributed by atoms with van der Waals surface area (Å²) in [7, 11) is 3.91. The van der Waals surface area contributed by atoms with Crippen LogP contribution in [0.2, 0.25) is 0 Å². The van der Waals surface area contributed by atoms with Gasteiger partial charge < -0.3 is 19.7 Å². The van der Waals surface area contributed by atoms with Crippen molar-refractivity contribution in [2.75, 3.05) is 27.2 Å². The lowest BCUT2D eigenvalue weighted by Crippen LogP contribution is -2.46. The highest BCUT2D eigenvalue weighted by atomic mass is 16.3. The van der Waals surface area contributed by atoms with Gasteiger partial charge in [0.15, 0.2) is 0 Å². The van der Waals surface area contributed by atoms with Crippen molar-refractivity contribution in [1.29, 1.82) is 0 Å². The van der Waals surface area contributed by atoms with Gasteiger partial charge in [-0.2, -0.15) is 0 Å². The summed E-state index contributed by atoms with van der Waals surface area (Å²) in [6, 6.07) is 10.1. The normalized spacial score (nSPS) is 16.5. The van der Waals surface area contributed by atoms with Crippen molar-refractivity contribution in [2.45, 2.75) is 25.5 Å². The maximum atomic E-state index is 10.3. The van der Waals surface area contributed by atoms with Gasteiger partial charge in [0.1, 0.15) is 11.3 Å². The van der Waals surface area contributed by atoms with Crippen LogP contribution in [-0.2, 0) is 0 Å². The molecule has 4 heteroatoms. The molecule has 1 aromatic carbocycles. The van der Waals surface area contributed by atoms with Crippen LogP contribution in [0, 0.1) is 0 Å². The second-order valence-electron chi connectivity index (χ2n) is 6.02. The summed E-state index contributed by atoms with van der Waals surface area (Å²) in [5, 5.41) is 14.7. The SMILES string of the molecule is CC(NCC(C)(O)CN(C)C)c1cc2ccccc2o1. The molecular weight excluding hydrogens is 252 g/mol. The van der Waals surface area contributed by atoms with E-state index in [1.807, 2.05) is 63.2 Å². The Morgan fingerprint density at radius 2 is 2.05 bits per heavy atom. The Morgan fingerprint density at radius 3 is 2.70 bits per heavy atom. The molecule has 2 N–H and O–H groups in total. The quantitative estimate of drug-likeness (QED) is 0.850. The molecule has 2 atom stereocenters. The number of benzene rings is 1. The molecule has 1 aromatic heterocycles. The van der Waals surface area contributed by atoms with Crippen LogP contribution < -0.4 is 5.32 Å². The van der Waals surface area contributed by atoms with E-state index in [1.54, 1.807) is 0 Å². The molecule has 0 bridgehead atoms. The van der Waals surface area contributed by atoms with E-state index in [4.69, 9.17) is 4.42 Å². The van der Waals surface area contributed by atoms with Crippen LogP contribution in [0.3, 0.4) is 0 Å². The fourth-order valence-electron chi connectivity index (χ4n) is 2.43. The average molecular weight is 276 g/mol. The highest BCUT2D eigenvalue weighted by molar-refractivity contribution is 5.77. The Balaban J connectivity index is 1.99. The van der Waals surface area contributed by atoms with Gasteiger partial charge in [0.05, 0.1) is 11.6 Å². The Kier molecular flexibility index (Phi) is 4.48. The third-order valence-corrected chi connectivity index (χ3v) is 3.32. The molecule has 0 radical (unpaired) electrons. The van der Waals surface area contributed by atoms with Crippen molar-refractivity contribution in [3.05, 3.63) is 36.1 Å². The van der Waals surface area contributed by atoms with E-state index in [1.165, 1.54) is 0 Å². The molecule has 1 heterocycles. The minimum Gasteiger partial charge on any atom is -0.459 e. The Bertz CT molecular complexity index is 527. The fraction of sp³-hybridized carbons (Fsp3) is 0.500. The van der Waals surface area contributed by atoms with E-state index in [9.17, 15) is 5.11 Å². The second-order valence-corrected chi connectivity index (χ2v) is 6.02. The third-order valence-electron chi connectivity index (χ3n) is 3.32. The molecule has 110 valence electrons. The molecular formula is C16H24N2O2. The van der Waals surface area contributed by atoms with Gasteiger partial charge >= 0.3 is 0 Å². The maximum absolute atomic E-state index is 10.3. The second kappa shape index (κ2) is 5.95. The van der Waals surface area contributed by atoms with Crippen LogP contribution in [0.25, 0.3) is 11.0 Å². The third kappa shape index (κ3) is 3.82. The van der Waals surface area contributed by atoms with Crippen molar-refractivity contribution < 1.29 is 9.52 Å². The lowest BCUT2D eigenvalue weighted by atomic mass is 10.1. The lowest BCUT2D eigenvalue weighted by Gasteiger charge is -2.28. The molecule has 4 nitrogen and oxygen atoms in total. The number of furan rings is 1. The van der Waals surface area contributed by atoms with Gasteiger partial charge in [-0.05, 0) is 40.1 Å². The molecule has 2 rings (SSSR count). The van der Waals surface area contributed by atoms with Crippen LogP contribution in [0.4, 0.5) is 0 Å².